The summed E-state index contributed by atoms with van der Waals surface area (Å²) in [6.07, 6.45) is 3.27. The standard InChI is InChI=1S/C22H29BrFNO3/c1-3-4-11-27-12-5-10-25-15-18-13-20(23)22(21(14-18)26-2)28-16-17-6-8-19(24)9-7-17/h6-9,13-14,25H,3-5,10-12,15-16H2,1-2H3. The van der Waals surface area contributed by atoms with Gasteiger partial charge in [-0.15, -0.1) is 0 Å². The van der Waals surface area contributed by atoms with Crippen LogP contribution in [0, 0.1) is 5.82 Å². The van der Waals surface area contributed by atoms with Gasteiger partial charge in [0.15, 0.2) is 11.5 Å². The van der Waals surface area contributed by atoms with Gasteiger partial charge in [0.25, 0.3) is 0 Å². The lowest BCUT2D eigenvalue weighted by Gasteiger charge is -2.15. The van der Waals surface area contributed by atoms with Gasteiger partial charge in [0, 0.05) is 19.8 Å². The summed E-state index contributed by atoms with van der Waals surface area (Å²) in [5.74, 6) is 1.04. The highest BCUT2D eigenvalue weighted by Gasteiger charge is 2.12. The molecular weight excluding hydrogens is 425 g/mol. The molecule has 0 heterocycles. The van der Waals surface area contributed by atoms with Crippen LogP contribution in [0.5, 0.6) is 11.5 Å². The monoisotopic (exact) mass is 453 g/mol. The van der Waals surface area contributed by atoms with E-state index in [2.05, 4.69) is 28.2 Å². The zero-order valence-electron chi connectivity index (χ0n) is 16.6. The van der Waals surface area contributed by atoms with Gasteiger partial charge in [-0.2, -0.15) is 0 Å². The fraction of sp³-hybridized carbons (Fsp3) is 0.455. The molecule has 0 radical (unpaired) electrons. The highest BCUT2D eigenvalue weighted by molar-refractivity contribution is 9.10. The average Bonchev–Trinajstić information content (AvgIpc) is 2.70. The summed E-state index contributed by atoms with van der Waals surface area (Å²) < 4.78 is 30.8. The van der Waals surface area contributed by atoms with E-state index in [0.29, 0.717) is 18.1 Å². The first-order valence-corrected chi connectivity index (χ1v) is 10.5. The summed E-state index contributed by atoms with van der Waals surface area (Å²) >= 11 is 3.57. The number of ether oxygens (including phenoxy) is 3. The Balaban J connectivity index is 1.83. The summed E-state index contributed by atoms with van der Waals surface area (Å²) in [6, 6.07) is 10.3. The van der Waals surface area contributed by atoms with Gasteiger partial charge in [0.05, 0.1) is 11.6 Å². The number of hydrogen-bond donors (Lipinski definition) is 1. The highest BCUT2D eigenvalue weighted by atomic mass is 79.9. The maximum atomic E-state index is 13.0. The molecule has 0 bridgehead atoms. The second kappa shape index (κ2) is 12.8. The summed E-state index contributed by atoms with van der Waals surface area (Å²) in [6.45, 7) is 5.77. The van der Waals surface area contributed by atoms with E-state index in [1.807, 2.05) is 12.1 Å². The van der Waals surface area contributed by atoms with Crippen molar-refractivity contribution in [3.63, 3.8) is 0 Å². The van der Waals surface area contributed by atoms with Gasteiger partial charge in [-0.3, -0.25) is 0 Å². The van der Waals surface area contributed by atoms with Gasteiger partial charge in [-0.05, 0) is 70.7 Å². The number of unbranched alkanes of at least 4 members (excludes halogenated alkanes) is 1. The van der Waals surface area contributed by atoms with Crippen LogP contribution in [0.1, 0.15) is 37.3 Å². The second-order valence-electron chi connectivity index (χ2n) is 6.52. The van der Waals surface area contributed by atoms with Crippen LogP contribution in [0.2, 0.25) is 0 Å². The lowest BCUT2D eigenvalue weighted by molar-refractivity contribution is 0.129. The molecule has 0 saturated carbocycles. The molecule has 0 atom stereocenters. The topological polar surface area (TPSA) is 39.7 Å². The van der Waals surface area contributed by atoms with Crippen molar-refractivity contribution >= 4 is 15.9 Å². The maximum Gasteiger partial charge on any atom is 0.175 e. The van der Waals surface area contributed by atoms with Crippen LogP contribution in [-0.4, -0.2) is 26.9 Å². The number of benzene rings is 2. The minimum absolute atomic E-state index is 0.258. The Morgan fingerprint density at radius 2 is 1.79 bits per heavy atom. The first kappa shape index (κ1) is 22.7. The Morgan fingerprint density at radius 3 is 2.50 bits per heavy atom. The van der Waals surface area contributed by atoms with Crippen molar-refractivity contribution in [2.45, 2.75) is 39.3 Å². The molecule has 6 heteroatoms. The molecule has 0 fully saturated rings. The Bertz CT molecular complexity index is 710. The average molecular weight is 454 g/mol. The van der Waals surface area contributed by atoms with Crippen LogP contribution in [0.15, 0.2) is 40.9 Å². The van der Waals surface area contributed by atoms with Crippen molar-refractivity contribution in [3.8, 4) is 11.5 Å². The first-order chi connectivity index (χ1) is 13.6. The maximum absolute atomic E-state index is 13.0. The van der Waals surface area contributed by atoms with Crippen molar-refractivity contribution < 1.29 is 18.6 Å². The van der Waals surface area contributed by atoms with E-state index in [1.165, 1.54) is 18.6 Å². The van der Waals surface area contributed by atoms with E-state index < -0.39 is 0 Å². The normalized spacial score (nSPS) is 10.9. The number of halogens is 2. The molecule has 0 aliphatic carbocycles. The Labute approximate surface area is 175 Å². The molecule has 0 aliphatic rings. The molecule has 28 heavy (non-hydrogen) atoms. The molecule has 154 valence electrons. The molecule has 0 amide bonds. The summed E-state index contributed by atoms with van der Waals surface area (Å²) in [4.78, 5) is 0. The lowest BCUT2D eigenvalue weighted by atomic mass is 10.2. The number of methoxy groups -OCH3 is 1. The van der Waals surface area contributed by atoms with Gasteiger partial charge >= 0.3 is 0 Å². The third-order valence-electron chi connectivity index (χ3n) is 4.20. The van der Waals surface area contributed by atoms with Crippen molar-refractivity contribution in [2.24, 2.45) is 0 Å². The fourth-order valence-corrected chi connectivity index (χ4v) is 3.24. The van der Waals surface area contributed by atoms with Crippen LogP contribution in [-0.2, 0) is 17.9 Å². The van der Waals surface area contributed by atoms with Gasteiger partial charge in [0.2, 0.25) is 0 Å². The van der Waals surface area contributed by atoms with E-state index in [1.54, 1.807) is 19.2 Å². The van der Waals surface area contributed by atoms with E-state index in [4.69, 9.17) is 14.2 Å². The number of rotatable bonds is 13. The predicted octanol–water partition coefficient (Wildman–Crippen LogP) is 5.47. The van der Waals surface area contributed by atoms with Crippen LogP contribution >= 0.6 is 15.9 Å². The van der Waals surface area contributed by atoms with Crippen LogP contribution in [0.4, 0.5) is 4.39 Å². The fourth-order valence-electron chi connectivity index (χ4n) is 2.63. The smallest absolute Gasteiger partial charge is 0.175 e. The van der Waals surface area contributed by atoms with Gasteiger partial charge in [-0.25, -0.2) is 4.39 Å². The van der Waals surface area contributed by atoms with Crippen LogP contribution in [0.3, 0.4) is 0 Å². The number of nitrogens with one attached hydrogen (secondary N) is 1. The van der Waals surface area contributed by atoms with Crippen molar-refractivity contribution in [1.82, 2.24) is 5.32 Å². The van der Waals surface area contributed by atoms with Gasteiger partial charge in [-0.1, -0.05) is 25.5 Å². The summed E-state index contributed by atoms with van der Waals surface area (Å²) in [5, 5.41) is 3.42. The molecule has 0 unspecified atom stereocenters. The minimum atomic E-state index is -0.258. The molecule has 2 rings (SSSR count). The minimum Gasteiger partial charge on any atom is -0.493 e. The predicted molar refractivity (Wildman–Crippen MR) is 113 cm³/mol. The summed E-state index contributed by atoms with van der Waals surface area (Å²) in [5.41, 5.74) is 1.99. The Hall–Kier alpha value is -1.63. The van der Waals surface area contributed by atoms with E-state index >= 15 is 0 Å². The Kier molecular flexibility index (Phi) is 10.3. The first-order valence-electron chi connectivity index (χ1n) is 9.66. The van der Waals surface area contributed by atoms with Crippen molar-refractivity contribution in [3.05, 3.63) is 57.8 Å². The highest BCUT2D eigenvalue weighted by Crippen LogP contribution is 2.37. The van der Waals surface area contributed by atoms with Crippen molar-refractivity contribution in [2.75, 3.05) is 26.9 Å². The SMILES string of the molecule is CCCCOCCCNCc1cc(Br)c(OCc2ccc(F)cc2)c(OC)c1. The number of hydrogen-bond acceptors (Lipinski definition) is 4. The van der Waals surface area contributed by atoms with Crippen molar-refractivity contribution in [1.29, 1.82) is 0 Å². The zero-order valence-corrected chi connectivity index (χ0v) is 18.2. The van der Waals surface area contributed by atoms with Crippen LogP contribution in [0.25, 0.3) is 0 Å². The van der Waals surface area contributed by atoms with E-state index in [9.17, 15) is 4.39 Å². The molecular formula is C22H29BrFNO3. The third kappa shape index (κ3) is 7.78. The zero-order chi connectivity index (χ0) is 20.2. The molecule has 0 spiro atoms. The molecule has 4 nitrogen and oxygen atoms in total. The van der Waals surface area contributed by atoms with Crippen LogP contribution < -0.4 is 14.8 Å². The Morgan fingerprint density at radius 1 is 1.04 bits per heavy atom. The third-order valence-corrected chi connectivity index (χ3v) is 4.79. The van der Waals surface area contributed by atoms with E-state index in [-0.39, 0.29) is 5.82 Å². The molecule has 2 aromatic rings. The van der Waals surface area contributed by atoms with Gasteiger partial charge < -0.3 is 19.5 Å². The quantitative estimate of drug-likeness (QED) is 0.408. The largest absolute Gasteiger partial charge is 0.493 e. The van der Waals surface area contributed by atoms with Gasteiger partial charge in [0.1, 0.15) is 12.4 Å². The molecule has 0 saturated heterocycles. The van der Waals surface area contributed by atoms with E-state index in [0.717, 1.165) is 54.7 Å². The molecule has 2 aromatic carbocycles. The summed E-state index contributed by atoms with van der Waals surface area (Å²) in [7, 11) is 1.62. The second-order valence-corrected chi connectivity index (χ2v) is 7.37. The lowest BCUT2D eigenvalue weighted by Crippen LogP contribution is -2.16. The molecule has 0 aliphatic heterocycles. The molecule has 0 aromatic heterocycles. The molecule has 1 N–H and O–H groups in total.